The van der Waals surface area contributed by atoms with Gasteiger partial charge in [0.25, 0.3) is 0 Å². The van der Waals surface area contributed by atoms with Crippen molar-refractivity contribution >= 4 is 91.5 Å². The maximum atomic E-state index is 5.64. The van der Waals surface area contributed by atoms with Gasteiger partial charge in [0.1, 0.15) is 4.83 Å². The normalized spacial score (nSPS) is 12.2. The quantitative estimate of drug-likeness (QED) is 0.180. The maximum absolute atomic E-state index is 5.64. The van der Waals surface area contributed by atoms with E-state index < -0.39 is 0 Å². The molecule has 0 aliphatic rings. The van der Waals surface area contributed by atoms with Gasteiger partial charge in [-0.1, -0.05) is 146 Å². The van der Waals surface area contributed by atoms with Crippen LogP contribution in [0.2, 0.25) is 0 Å². The summed E-state index contributed by atoms with van der Waals surface area (Å²) in [7, 11) is 0. The molecule has 0 atom stereocenters. The minimum absolute atomic E-state index is 0.672. The third-order valence-corrected chi connectivity index (χ3v) is 13.0. The predicted molar refractivity (Wildman–Crippen MR) is 240 cm³/mol. The Morgan fingerprint density at radius 1 is 0.368 bits per heavy atom. The van der Waals surface area contributed by atoms with E-state index in [1.54, 1.807) is 11.3 Å². The van der Waals surface area contributed by atoms with Gasteiger partial charge in [0, 0.05) is 53.4 Å². The SMILES string of the molecule is c1ccc(-c2ccc(-c3nc(-n4c5ccc(-c6ccccc6)cc5c5cc6c7ccccc7n7c8ccccc8c(c54)c67)nc4sc5ccccc5c34)cc2)cc1. The van der Waals surface area contributed by atoms with Gasteiger partial charge < -0.3 is 4.40 Å². The topological polar surface area (TPSA) is 35.1 Å². The molecule has 5 aromatic heterocycles. The fourth-order valence-electron chi connectivity index (χ4n) is 9.40. The van der Waals surface area contributed by atoms with Crippen molar-refractivity contribution in [2.45, 2.75) is 0 Å². The molecule has 264 valence electrons. The Balaban J connectivity index is 1.19. The molecule has 0 N–H and O–H groups in total. The highest BCUT2D eigenvalue weighted by Crippen LogP contribution is 2.47. The Labute approximate surface area is 330 Å². The van der Waals surface area contributed by atoms with Crippen LogP contribution in [-0.4, -0.2) is 18.9 Å². The second kappa shape index (κ2) is 11.6. The van der Waals surface area contributed by atoms with E-state index in [1.807, 2.05) is 0 Å². The highest BCUT2D eigenvalue weighted by atomic mass is 32.1. The second-order valence-corrected chi connectivity index (χ2v) is 16.0. The van der Waals surface area contributed by atoms with Crippen molar-refractivity contribution in [3.8, 4) is 39.5 Å². The summed E-state index contributed by atoms with van der Waals surface area (Å²) in [4.78, 5) is 12.1. The van der Waals surface area contributed by atoms with Crippen molar-refractivity contribution in [1.29, 1.82) is 0 Å². The van der Waals surface area contributed by atoms with Gasteiger partial charge >= 0.3 is 0 Å². The molecule has 57 heavy (non-hydrogen) atoms. The van der Waals surface area contributed by atoms with Crippen molar-refractivity contribution in [2.24, 2.45) is 0 Å². The Hall–Kier alpha value is -7.34. The number of nitrogens with zero attached hydrogens (tertiary/aromatic N) is 4. The lowest BCUT2D eigenvalue weighted by Gasteiger charge is -2.12. The molecule has 0 saturated heterocycles. The van der Waals surface area contributed by atoms with E-state index in [0.29, 0.717) is 5.95 Å². The van der Waals surface area contributed by atoms with Gasteiger partial charge in [-0.3, -0.25) is 4.57 Å². The van der Waals surface area contributed by atoms with Gasteiger partial charge in [-0.25, -0.2) is 9.97 Å². The van der Waals surface area contributed by atoms with Gasteiger partial charge in [0.2, 0.25) is 5.95 Å². The van der Waals surface area contributed by atoms with Crippen molar-refractivity contribution < 1.29 is 0 Å². The molecular formula is C52H30N4S. The molecule has 0 amide bonds. The molecule has 0 aliphatic heterocycles. The average Bonchev–Trinajstić information content (AvgIpc) is 4.02. The molecule has 0 unspecified atom stereocenters. The van der Waals surface area contributed by atoms with Gasteiger partial charge in [0.05, 0.1) is 33.3 Å². The van der Waals surface area contributed by atoms with Crippen molar-refractivity contribution in [3.05, 3.63) is 182 Å². The fraction of sp³-hybridized carbons (Fsp3) is 0. The minimum Gasteiger partial charge on any atom is -0.308 e. The number of fused-ring (bicyclic) bond motifs is 13. The largest absolute Gasteiger partial charge is 0.308 e. The molecule has 0 fully saturated rings. The van der Waals surface area contributed by atoms with Gasteiger partial charge in [-0.2, -0.15) is 0 Å². The first kappa shape index (κ1) is 30.9. The van der Waals surface area contributed by atoms with Crippen LogP contribution in [0.4, 0.5) is 0 Å². The monoisotopic (exact) mass is 742 g/mol. The number of para-hydroxylation sites is 2. The number of hydrogen-bond acceptors (Lipinski definition) is 3. The average molecular weight is 743 g/mol. The first-order chi connectivity index (χ1) is 28.3. The number of rotatable bonds is 4. The molecule has 0 bridgehead atoms. The van der Waals surface area contributed by atoms with Crippen LogP contribution in [0.25, 0.3) is 120 Å². The summed E-state index contributed by atoms with van der Waals surface area (Å²) in [6, 6.07) is 65.7. The van der Waals surface area contributed by atoms with Crippen LogP contribution in [0, 0.1) is 0 Å². The number of thiophene rings is 1. The molecule has 0 saturated carbocycles. The van der Waals surface area contributed by atoms with Gasteiger partial charge in [-0.15, -0.1) is 11.3 Å². The minimum atomic E-state index is 0.672. The Bertz CT molecular complexity index is 3730. The lowest BCUT2D eigenvalue weighted by Crippen LogP contribution is -2.03. The number of benzene rings is 8. The molecule has 8 aromatic carbocycles. The summed E-state index contributed by atoms with van der Waals surface area (Å²) in [6.07, 6.45) is 0. The number of hydrogen-bond donors (Lipinski definition) is 0. The van der Waals surface area contributed by atoms with Crippen LogP contribution in [0.3, 0.4) is 0 Å². The van der Waals surface area contributed by atoms with Crippen LogP contribution in [-0.2, 0) is 0 Å². The molecule has 13 rings (SSSR count). The summed E-state index contributed by atoms with van der Waals surface area (Å²) in [5, 5.41) is 9.61. The molecular weight excluding hydrogens is 713 g/mol. The zero-order valence-electron chi connectivity index (χ0n) is 30.5. The first-order valence-corrected chi connectivity index (χ1v) is 20.2. The summed E-state index contributed by atoms with van der Waals surface area (Å²) in [5.74, 6) is 0.672. The molecule has 4 nitrogen and oxygen atoms in total. The predicted octanol–water partition coefficient (Wildman–Crippen LogP) is 14.1. The standard InChI is InChI=1S/C52H30N4S/c1-3-13-31(14-4-1)33-23-25-34(26-24-33)48-46-38-19-9-12-22-45(38)57-51(46)54-52(53-48)56-44-28-27-35(32-15-5-2-6-16-32)29-39(44)41-30-40-36-17-7-10-20-42(36)55-43-21-11-8-18-37(43)47(49(40)55)50(41)56/h1-30H. The van der Waals surface area contributed by atoms with E-state index in [2.05, 4.69) is 191 Å². The molecule has 5 heteroatoms. The first-order valence-electron chi connectivity index (χ1n) is 19.3. The van der Waals surface area contributed by atoms with Crippen LogP contribution < -0.4 is 0 Å². The third kappa shape index (κ3) is 4.32. The van der Waals surface area contributed by atoms with Gasteiger partial charge in [-0.05, 0) is 58.7 Å². The lowest BCUT2D eigenvalue weighted by atomic mass is 10.0. The highest BCUT2D eigenvalue weighted by Gasteiger charge is 2.26. The van der Waals surface area contributed by atoms with Crippen molar-refractivity contribution in [2.75, 3.05) is 0 Å². The van der Waals surface area contributed by atoms with Crippen LogP contribution >= 0.6 is 11.3 Å². The van der Waals surface area contributed by atoms with E-state index in [4.69, 9.17) is 9.97 Å². The highest BCUT2D eigenvalue weighted by molar-refractivity contribution is 7.25. The van der Waals surface area contributed by atoms with E-state index in [0.717, 1.165) is 32.5 Å². The van der Waals surface area contributed by atoms with E-state index in [9.17, 15) is 0 Å². The maximum Gasteiger partial charge on any atom is 0.236 e. The summed E-state index contributed by atoms with van der Waals surface area (Å²) >= 11 is 1.74. The Morgan fingerprint density at radius 2 is 0.947 bits per heavy atom. The lowest BCUT2D eigenvalue weighted by molar-refractivity contribution is 1.02. The van der Waals surface area contributed by atoms with E-state index in [-0.39, 0.29) is 0 Å². The third-order valence-electron chi connectivity index (χ3n) is 11.9. The van der Waals surface area contributed by atoms with Crippen molar-refractivity contribution in [3.63, 3.8) is 0 Å². The van der Waals surface area contributed by atoms with Crippen LogP contribution in [0.15, 0.2) is 182 Å². The smallest absolute Gasteiger partial charge is 0.236 e. The zero-order valence-corrected chi connectivity index (χ0v) is 31.3. The molecule has 13 aromatic rings. The van der Waals surface area contributed by atoms with Gasteiger partial charge in [0.15, 0.2) is 0 Å². The summed E-state index contributed by atoms with van der Waals surface area (Å²) in [6.45, 7) is 0. The zero-order chi connectivity index (χ0) is 37.2. The Kier molecular flexibility index (Phi) is 6.29. The fourth-order valence-corrected chi connectivity index (χ4v) is 10.5. The van der Waals surface area contributed by atoms with Crippen LogP contribution in [0.5, 0.6) is 0 Å². The van der Waals surface area contributed by atoms with Crippen molar-refractivity contribution in [1.82, 2.24) is 18.9 Å². The summed E-state index contributed by atoms with van der Waals surface area (Å²) < 4.78 is 6.01. The molecule has 0 aliphatic carbocycles. The van der Waals surface area contributed by atoms with E-state index in [1.165, 1.54) is 81.2 Å². The Morgan fingerprint density at radius 3 is 1.72 bits per heavy atom. The molecule has 5 heterocycles. The van der Waals surface area contributed by atoms with Crippen LogP contribution in [0.1, 0.15) is 0 Å². The number of aromatic nitrogens is 4. The summed E-state index contributed by atoms with van der Waals surface area (Å²) in [5.41, 5.74) is 12.6. The molecule has 0 spiro atoms. The molecule has 0 radical (unpaired) electrons. The van der Waals surface area contributed by atoms with E-state index >= 15 is 0 Å². The second-order valence-electron chi connectivity index (χ2n) is 14.9.